The van der Waals surface area contributed by atoms with E-state index >= 15 is 0 Å². The van der Waals surface area contributed by atoms with Gasteiger partial charge in [0.2, 0.25) is 10.2 Å². The minimum atomic E-state index is -1.72. The van der Waals surface area contributed by atoms with Crippen LogP contribution in [0.1, 0.15) is 13.8 Å². The normalized spacial score (nSPS) is 29.2. The first kappa shape index (κ1) is 14.2. The molecular formula is C8H10Cl3NO3S. The van der Waals surface area contributed by atoms with Crippen LogP contribution >= 0.6 is 46.6 Å². The van der Waals surface area contributed by atoms with Crippen molar-refractivity contribution in [3.8, 4) is 0 Å². The fraction of sp³-hybridized carbons (Fsp3) is 0.750. The molecular weight excluding hydrogens is 297 g/mol. The first-order chi connectivity index (χ1) is 7.11. The van der Waals surface area contributed by atoms with E-state index in [1.54, 1.807) is 13.8 Å². The molecule has 0 radical (unpaired) electrons. The maximum atomic E-state index is 11.1. The van der Waals surface area contributed by atoms with E-state index in [9.17, 15) is 9.59 Å². The molecule has 0 aromatic carbocycles. The number of carboxylic acid groups (broad SMARTS) is 1. The Morgan fingerprint density at radius 1 is 1.50 bits per heavy atom. The van der Waals surface area contributed by atoms with Crippen LogP contribution in [0.2, 0.25) is 0 Å². The van der Waals surface area contributed by atoms with Crippen molar-refractivity contribution in [2.75, 3.05) is 0 Å². The molecule has 1 aliphatic heterocycles. The Balaban J connectivity index is 3.12. The third-order valence-electron chi connectivity index (χ3n) is 2.28. The number of nitrogens with zero attached hydrogens (tertiary/aromatic N) is 1. The highest BCUT2D eigenvalue weighted by atomic mass is 35.6. The van der Waals surface area contributed by atoms with E-state index in [4.69, 9.17) is 39.9 Å². The first-order valence-corrected chi connectivity index (χ1v) is 6.32. The summed E-state index contributed by atoms with van der Waals surface area (Å²) in [6.45, 7) is 3.40. The number of amides is 1. The predicted molar refractivity (Wildman–Crippen MR) is 65.1 cm³/mol. The number of halogens is 3. The Kier molecular flexibility index (Phi) is 3.95. The van der Waals surface area contributed by atoms with Crippen molar-refractivity contribution in [1.82, 2.24) is 4.90 Å². The number of hydrogen-bond donors (Lipinski definition) is 1. The summed E-state index contributed by atoms with van der Waals surface area (Å²) in [5, 5.41) is 8.29. The Bertz CT molecular complexity index is 318. The van der Waals surface area contributed by atoms with Crippen molar-refractivity contribution in [3.63, 3.8) is 0 Å². The summed E-state index contributed by atoms with van der Waals surface area (Å²) in [4.78, 5) is 23.1. The van der Waals surface area contributed by atoms with Crippen LogP contribution in [0.5, 0.6) is 0 Å². The van der Waals surface area contributed by atoms with Crippen molar-refractivity contribution in [2.24, 2.45) is 0 Å². The smallest absolute Gasteiger partial charge is 0.327 e. The van der Waals surface area contributed by atoms with Gasteiger partial charge in [-0.25, -0.2) is 4.79 Å². The van der Waals surface area contributed by atoms with Crippen LogP contribution in [0.3, 0.4) is 0 Å². The summed E-state index contributed by atoms with van der Waals surface area (Å²) in [5.74, 6) is -1.11. The molecule has 0 aromatic rings. The van der Waals surface area contributed by atoms with Crippen molar-refractivity contribution < 1.29 is 14.7 Å². The lowest BCUT2D eigenvalue weighted by Gasteiger charge is -2.28. The van der Waals surface area contributed by atoms with E-state index in [1.807, 2.05) is 0 Å². The number of alkyl halides is 3. The van der Waals surface area contributed by atoms with Gasteiger partial charge in [0, 0.05) is 4.75 Å². The molecule has 0 aromatic heterocycles. The van der Waals surface area contributed by atoms with E-state index in [1.165, 1.54) is 0 Å². The SMILES string of the molecule is CC1(C)SC(C(Cl)(Cl)Cl)N(C=O)C1C(=O)O. The molecule has 1 amide bonds. The maximum Gasteiger partial charge on any atom is 0.327 e. The van der Waals surface area contributed by atoms with Gasteiger partial charge in [-0.3, -0.25) is 4.79 Å². The van der Waals surface area contributed by atoms with Gasteiger partial charge in [0.05, 0.1) is 0 Å². The van der Waals surface area contributed by atoms with Gasteiger partial charge in [-0.05, 0) is 13.8 Å². The molecule has 1 N–H and O–H groups in total. The zero-order chi connectivity index (χ0) is 12.7. The van der Waals surface area contributed by atoms with Gasteiger partial charge in [-0.2, -0.15) is 0 Å². The van der Waals surface area contributed by atoms with Gasteiger partial charge in [-0.15, -0.1) is 11.8 Å². The highest BCUT2D eigenvalue weighted by Gasteiger charge is 2.56. The number of hydrogen-bond acceptors (Lipinski definition) is 3. The van der Waals surface area contributed by atoms with Crippen LogP contribution in [0, 0.1) is 0 Å². The standard InChI is InChI=1S/C8H10Cl3NO3S/c1-7(2)4(5(14)15)12(3-13)6(16-7)8(9,10)11/h3-4,6H,1-2H3,(H,14,15). The summed E-state index contributed by atoms with van der Waals surface area (Å²) in [6.07, 6.45) is 0.410. The fourth-order valence-corrected chi connectivity index (χ4v) is 3.78. The average molecular weight is 307 g/mol. The van der Waals surface area contributed by atoms with Crippen LogP contribution in [0.4, 0.5) is 0 Å². The lowest BCUT2D eigenvalue weighted by atomic mass is 10.0. The van der Waals surface area contributed by atoms with Gasteiger partial charge in [0.1, 0.15) is 11.4 Å². The number of thioether (sulfide) groups is 1. The number of rotatable bonds is 2. The lowest BCUT2D eigenvalue weighted by molar-refractivity contribution is -0.147. The first-order valence-electron chi connectivity index (χ1n) is 4.31. The summed E-state index contributed by atoms with van der Waals surface area (Å²) in [7, 11) is 0. The van der Waals surface area contributed by atoms with E-state index in [0.717, 1.165) is 16.7 Å². The third-order valence-corrected chi connectivity index (χ3v) is 4.94. The second-order valence-electron chi connectivity index (χ2n) is 3.91. The zero-order valence-electron chi connectivity index (χ0n) is 8.49. The number of carboxylic acids is 1. The molecule has 0 saturated carbocycles. The monoisotopic (exact) mass is 305 g/mol. The highest BCUT2D eigenvalue weighted by Crippen LogP contribution is 2.52. The molecule has 1 rings (SSSR count). The van der Waals surface area contributed by atoms with Crippen LogP contribution in [0.15, 0.2) is 0 Å². The van der Waals surface area contributed by atoms with Gasteiger partial charge in [-0.1, -0.05) is 34.8 Å². The van der Waals surface area contributed by atoms with Crippen LogP contribution in [0.25, 0.3) is 0 Å². The third kappa shape index (κ3) is 2.53. The predicted octanol–water partition coefficient (Wildman–Crippen LogP) is 2.12. The van der Waals surface area contributed by atoms with E-state index in [-0.39, 0.29) is 0 Å². The largest absolute Gasteiger partial charge is 0.480 e. The topological polar surface area (TPSA) is 57.6 Å². The average Bonchev–Trinajstić information content (AvgIpc) is 2.35. The van der Waals surface area contributed by atoms with Crippen LogP contribution < -0.4 is 0 Å². The Morgan fingerprint density at radius 2 is 2.00 bits per heavy atom. The lowest BCUT2D eigenvalue weighted by Crippen LogP contribution is -2.49. The fourth-order valence-electron chi connectivity index (χ4n) is 1.68. The summed E-state index contributed by atoms with van der Waals surface area (Å²) < 4.78 is -2.42. The Hall–Kier alpha value is 0.160. The quantitative estimate of drug-likeness (QED) is 0.627. The minimum Gasteiger partial charge on any atom is -0.480 e. The number of carbonyl (C=O) groups excluding carboxylic acids is 1. The van der Waals surface area contributed by atoms with Gasteiger partial charge in [0.25, 0.3) is 0 Å². The van der Waals surface area contributed by atoms with E-state index in [0.29, 0.717) is 6.41 Å². The molecule has 1 fully saturated rings. The summed E-state index contributed by atoms with van der Waals surface area (Å²) >= 11 is 18.3. The molecule has 0 bridgehead atoms. The molecule has 1 saturated heterocycles. The van der Waals surface area contributed by atoms with Crippen LogP contribution in [-0.2, 0) is 9.59 Å². The van der Waals surface area contributed by atoms with E-state index in [2.05, 4.69) is 0 Å². The molecule has 1 aliphatic rings. The molecule has 92 valence electrons. The van der Waals surface area contributed by atoms with E-state index < -0.39 is 25.9 Å². The zero-order valence-corrected chi connectivity index (χ0v) is 11.6. The second kappa shape index (κ2) is 4.44. The van der Waals surface area contributed by atoms with Crippen molar-refractivity contribution >= 4 is 58.9 Å². The number of aliphatic carboxylic acids is 1. The van der Waals surface area contributed by atoms with Gasteiger partial charge >= 0.3 is 5.97 Å². The van der Waals surface area contributed by atoms with Gasteiger partial charge < -0.3 is 10.0 Å². The van der Waals surface area contributed by atoms with Crippen LogP contribution in [-0.4, -0.2) is 42.3 Å². The Morgan fingerprint density at radius 3 is 2.31 bits per heavy atom. The molecule has 16 heavy (non-hydrogen) atoms. The van der Waals surface area contributed by atoms with Crippen molar-refractivity contribution in [1.29, 1.82) is 0 Å². The van der Waals surface area contributed by atoms with Crippen molar-refractivity contribution in [2.45, 2.75) is 33.8 Å². The molecule has 0 aliphatic carbocycles. The molecule has 8 heteroatoms. The summed E-state index contributed by atoms with van der Waals surface area (Å²) in [6, 6.07) is -1.00. The molecule has 2 atom stereocenters. The number of carbonyl (C=O) groups is 2. The molecule has 2 unspecified atom stereocenters. The highest BCUT2D eigenvalue weighted by molar-refractivity contribution is 8.01. The maximum absolute atomic E-state index is 11.1. The molecule has 1 heterocycles. The summed E-state index contributed by atoms with van der Waals surface area (Å²) in [5.41, 5.74) is 0. The molecule has 4 nitrogen and oxygen atoms in total. The Labute approximate surface area is 112 Å². The minimum absolute atomic E-state index is 0.410. The van der Waals surface area contributed by atoms with Gasteiger partial charge in [0.15, 0.2) is 0 Å². The second-order valence-corrected chi connectivity index (χ2v) is 8.01. The molecule has 0 spiro atoms. The van der Waals surface area contributed by atoms with Crippen molar-refractivity contribution in [3.05, 3.63) is 0 Å².